The fourth-order valence-electron chi connectivity index (χ4n) is 3.41. The lowest BCUT2D eigenvalue weighted by Crippen LogP contribution is -2.17. The van der Waals surface area contributed by atoms with Gasteiger partial charge in [-0.2, -0.15) is 16.9 Å². The second-order valence-electron chi connectivity index (χ2n) is 7.11. The highest BCUT2D eigenvalue weighted by molar-refractivity contribution is 7.98. The van der Waals surface area contributed by atoms with E-state index in [1.807, 2.05) is 32.0 Å². The van der Waals surface area contributed by atoms with Crippen LogP contribution in [0.2, 0.25) is 0 Å². The largest absolute Gasteiger partial charge is 0.306 e. The Hall–Kier alpha value is -3.13. The van der Waals surface area contributed by atoms with Crippen LogP contribution >= 0.6 is 11.8 Å². The molecule has 0 spiro atoms. The summed E-state index contributed by atoms with van der Waals surface area (Å²) >= 11 is 1.75. The maximum Gasteiger partial charge on any atom is 0.273 e. The van der Waals surface area contributed by atoms with E-state index in [9.17, 15) is 14.9 Å². The molecule has 1 N–H and O–H groups in total. The number of hydrogen-bond acceptors (Lipinski definition) is 5. The Morgan fingerprint density at radius 3 is 2.72 bits per heavy atom. The van der Waals surface area contributed by atoms with Crippen LogP contribution in [0.15, 0.2) is 36.4 Å². The van der Waals surface area contributed by atoms with E-state index in [1.165, 1.54) is 6.07 Å². The molecule has 0 saturated heterocycles. The summed E-state index contributed by atoms with van der Waals surface area (Å²) in [5, 5.41) is 18.9. The summed E-state index contributed by atoms with van der Waals surface area (Å²) in [6, 6.07) is 10.5. The highest BCUT2D eigenvalue weighted by Crippen LogP contribution is 2.37. The summed E-state index contributed by atoms with van der Waals surface area (Å²) < 4.78 is 1.78. The van der Waals surface area contributed by atoms with Gasteiger partial charge in [0.15, 0.2) is 0 Å². The molecule has 1 aliphatic rings. The average Bonchev–Trinajstić information content (AvgIpc) is 3.27. The van der Waals surface area contributed by atoms with Crippen molar-refractivity contribution in [3.8, 4) is 5.69 Å². The first-order chi connectivity index (χ1) is 13.9. The molecule has 0 bridgehead atoms. The summed E-state index contributed by atoms with van der Waals surface area (Å²) in [5.41, 5.74) is 5.80. The van der Waals surface area contributed by atoms with Crippen molar-refractivity contribution in [1.29, 1.82) is 0 Å². The van der Waals surface area contributed by atoms with Crippen molar-refractivity contribution in [3.63, 3.8) is 0 Å². The van der Waals surface area contributed by atoms with E-state index >= 15 is 0 Å². The summed E-state index contributed by atoms with van der Waals surface area (Å²) in [5.74, 6) is 1.81. The number of aryl methyl sites for hydroxylation is 2. The Balaban J connectivity index is 1.76. The molecule has 3 aromatic rings. The van der Waals surface area contributed by atoms with Gasteiger partial charge in [-0.25, -0.2) is 4.68 Å². The van der Waals surface area contributed by atoms with Crippen LogP contribution in [0.1, 0.15) is 38.3 Å². The number of hydrogen-bond donors (Lipinski definition) is 1. The van der Waals surface area contributed by atoms with Crippen LogP contribution in [0.3, 0.4) is 0 Å². The van der Waals surface area contributed by atoms with Gasteiger partial charge in [0, 0.05) is 34.3 Å². The van der Waals surface area contributed by atoms with E-state index in [-0.39, 0.29) is 17.2 Å². The monoisotopic (exact) mass is 408 g/mol. The van der Waals surface area contributed by atoms with Gasteiger partial charge >= 0.3 is 0 Å². The maximum absolute atomic E-state index is 13.0. The first-order valence-electron chi connectivity index (χ1n) is 9.18. The molecule has 4 rings (SSSR count). The number of anilines is 1. The normalized spacial score (nSPS) is 12.7. The second-order valence-corrected chi connectivity index (χ2v) is 8.10. The van der Waals surface area contributed by atoms with Crippen LogP contribution in [0.5, 0.6) is 0 Å². The molecule has 2 heterocycles. The third-order valence-corrected chi connectivity index (χ3v) is 6.23. The van der Waals surface area contributed by atoms with E-state index in [4.69, 9.17) is 5.10 Å². The van der Waals surface area contributed by atoms with Gasteiger partial charge in [0.25, 0.3) is 11.6 Å². The summed E-state index contributed by atoms with van der Waals surface area (Å²) in [7, 11) is 0. The number of nitro groups is 1. The van der Waals surface area contributed by atoms with Crippen molar-refractivity contribution < 1.29 is 9.72 Å². The van der Waals surface area contributed by atoms with Crippen molar-refractivity contribution >= 4 is 29.2 Å². The molecular formula is C21H20N4O3S. The lowest BCUT2D eigenvalue weighted by molar-refractivity contribution is -0.385. The van der Waals surface area contributed by atoms with E-state index in [0.717, 1.165) is 39.6 Å². The number of thioether (sulfide) groups is 1. The van der Waals surface area contributed by atoms with Gasteiger partial charge in [0.2, 0.25) is 0 Å². The van der Waals surface area contributed by atoms with Crippen molar-refractivity contribution in [2.75, 3.05) is 5.32 Å². The molecule has 2 aromatic carbocycles. The molecule has 7 nitrogen and oxygen atoms in total. The van der Waals surface area contributed by atoms with E-state index < -0.39 is 4.92 Å². The highest BCUT2D eigenvalue weighted by atomic mass is 32.2. The molecule has 0 saturated carbocycles. The molecule has 0 fully saturated rings. The fourth-order valence-corrected chi connectivity index (χ4v) is 4.44. The number of amides is 1. The number of fused-ring (bicyclic) bond motifs is 1. The summed E-state index contributed by atoms with van der Waals surface area (Å²) in [4.78, 5) is 23.7. The molecule has 1 aliphatic heterocycles. The summed E-state index contributed by atoms with van der Waals surface area (Å²) in [6.45, 7) is 5.72. The highest BCUT2D eigenvalue weighted by Gasteiger charge is 2.26. The van der Waals surface area contributed by atoms with E-state index in [2.05, 4.69) is 5.32 Å². The Kier molecular flexibility index (Phi) is 4.87. The number of carbonyl (C=O) groups is 1. The van der Waals surface area contributed by atoms with Crippen LogP contribution in [0.25, 0.3) is 5.69 Å². The minimum atomic E-state index is -0.471. The number of carbonyl (C=O) groups excluding carboxylic acids is 1. The lowest BCUT2D eigenvalue weighted by atomic mass is 10.1. The molecule has 0 unspecified atom stereocenters. The minimum Gasteiger partial charge on any atom is -0.306 e. The Morgan fingerprint density at radius 1 is 1.17 bits per heavy atom. The predicted molar refractivity (Wildman–Crippen MR) is 114 cm³/mol. The fraction of sp³-hybridized carbons (Fsp3) is 0.238. The molecule has 8 heteroatoms. The first-order valence-corrected chi connectivity index (χ1v) is 10.3. The van der Waals surface area contributed by atoms with Crippen LogP contribution in [-0.4, -0.2) is 20.6 Å². The number of benzene rings is 2. The van der Waals surface area contributed by atoms with Gasteiger partial charge < -0.3 is 5.32 Å². The molecule has 0 radical (unpaired) electrons. The van der Waals surface area contributed by atoms with Gasteiger partial charge in [0.1, 0.15) is 5.82 Å². The minimum absolute atomic E-state index is 0.0681. The SMILES string of the molecule is Cc1ccc(C(=O)Nc2c3c(nn2-c2cccc(C)c2C)CSC3)cc1[N+](=O)[O-]. The van der Waals surface area contributed by atoms with Crippen LogP contribution < -0.4 is 5.32 Å². The molecule has 0 aliphatic carbocycles. The van der Waals surface area contributed by atoms with Crippen molar-refractivity contribution in [2.45, 2.75) is 32.3 Å². The second kappa shape index (κ2) is 7.36. The number of nitrogens with zero attached hydrogens (tertiary/aromatic N) is 3. The van der Waals surface area contributed by atoms with Crippen molar-refractivity contribution in [3.05, 3.63) is 80.0 Å². The maximum atomic E-state index is 13.0. The molecule has 29 heavy (non-hydrogen) atoms. The van der Waals surface area contributed by atoms with Gasteiger partial charge in [-0.3, -0.25) is 14.9 Å². The summed E-state index contributed by atoms with van der Waals surface area (Å²) in [6.07, 6.45) is 0. The van der Waals surface area contributed by atoms with E-state index in [0.29, 0.717) is 11.4 Å². The zero-order chi connectivity index (χ0) is 20.7. The number of aromatic nitrogens is 2. The van der Waals surface area contributed by atoms with Crippen LogP contribution in [-0.2, 0) is 11.5 Å². The standard InChI is InChI=1S/C21H20N4O3S/c1-12-5-4-6-18(14(12)3)24-20(16-10-29-11-17(16)23-24)22-21(26)15-8-7-13(2)19(9-15)25(27)28/h4-9H,10-11H2,1-3H3,(H,22,26). The smallest absolute Gasteiger partial charge is 0.273 e. The average molecular weight is 408 g/mol. The van der Waals surface area contributed by atoms with Crippen molar-refractivity contribution in [2.24, 2.45) is 0 Å². The molecule has 1 amide bonds. The Labute approximate surface area is 172 Å². The first kappa shape index (κ1) is 19.2. The topological polar surface area (TPSA) is 90.1 Å². The Bertz CT molecular complexity index is 1150. The lowest BCUT2D eigenvalue weighted by Gasteiger charge is -2.14. The molecule has 0 atom stereocenters. The van der Waals surface area contributed by atoms with Crippen LogP contribution in [0, 0.1) is 30.9 Å². The third-order valence-electron chi connectivity index (χ3n) is 5.26. The Morgan fingerprint density at radius 2 is 1.97 bits per heavy atom. The van der Waals surface area contributed by atoms with Gasteiger partial charge in [-0.15, -0.1) is 0 Å². The third kappa shape index (κ3) is 3.40. The molecule has 1 aromatic heterocycles. The molecule has 148 valence electrons. The van der Waals surface area contributed by atoms with Crippen LogP contribution in [0.4, 0.5) is 11.5 Å². The number of nitrogens with one attached hydrogen (secondary N) is 1. The zero-order valence-electron chi connectivity index (χ0n) is 16.4. The van der Waals surface area contributed by atoms with Gasteiger partial charge in [-0.05, 0) is 44.0 Å². The molecular weight excluding hydrogens is 388 g/mol. The predicted octanol–water partition coefficient (Wildman–Crippen LogP) is 4.70. The number of rotatable bonds is 4. The van der Waals surface area contributed by atoms with Gasteiger partial charge in [-0.1, -0.05) is 18.2 Å². The zero-order valence-corrected chi connectivity index (χ0v) is 17.2. The van der Waals surface area contributed by atoms with Crippen molar-refractivity contribution in [1.82, 2.24) is 9.78 Å². The van der Waals surface area contributed by atoms with Gasteiger partial charge in [0.05, 0.1) is 16.3 Å². The van der Waals surface area contributed by atoms with E-state index in [1.54, 1.807) is 35.5 Å². The quantitative estimate of drug-likeness (QED) is 0.499. The number of nitro benzene ring substituents is 1.